The highest BCUT2D eigenvalue weighted by molar-refractivity contribution is 9.12. The van der Waals surface area contributed by atoms with E-state index in [1.165, 1.54) is 16.7 Å². The number of nitrogens with zero attached hydrogens (tertiary/aromatic N) is 2. The fraction of sp³-hybridized carbons (Fsp3) is 0.286. The smallest absolute Gasteiger partial charge is 0.103 e. The SMILES string of the molecule is Cc1ccc(C[NH+]2CCN(/N=C\C(Br)=C/c3ccccc3)CC2)cc1. The molecule has 1 aliphatic rings. The van der Waals surface area contributed by atoms with E-state index in [0.717, 1.165) is 37.2 Å². The van der Waals surface area contributed by atoms with Crippen LogP contribution in [0.15, 0.2) is 64.2 Å². The van der Waals surface area contributed by atoms with E-state index >= 15 is 0 Å². The van der Waals surface area contributed by atoms with Crippen molar-refractivity contribution in [2.24, 2.45) is 5.10 Å². The summed E-state index contributed by atoms with van der Waals surface area (Å²) in [6.45, 7) is 7.51. The highest BCUT2D eigenvalue weighted by atomic mass is 79.9. The predicted octanol–water partition coefficient (Wildman–Crippen LogP) is 3.12. The Labute approximate surface area is 158 Å². The van der Waals surface area contributed by atoms with E-state index in [1.54, 1.807) is 4.90 Å². The first-order valence-electron chi connectivity index (χ1n) is 8.79. The molecular weight excluding hydrogens is 374 g/mol. The molecule has 1 aliphatic heterocycles. The van der Waals surface area contributed by atoms with Gasteiger partial charge in [0, 0.05) is 10.0 Å². The van der Waals surface area contributed by atoms with Crippen molar-refractivity contribution in [1.29, 1.82) is 0 Å². The molecule has 2 aromatic carbocycles. The molecule has 4 heteroatoms. The van der Waals surface area contributed by atoms with Gasteiger partial charge in [0.05, 0.1) is 32.4 Å². The van der Waals surface area contributed by atoms with Crippen LogP contribution in [0.3, 0.4) is 0 Å². The van der Waals surface area contributed by atoms with Gasteiger partial charge in [-0.3, -0.25) is 5.01 Å². The molecule has 1 N–H and O–H groups in total. The van der Waals surface area contributed by atoms with Crippen molar-refractivity contribution >= 4 is 28.2 Å². The maximum atomic E-state index is 4.61. The predicted molar refractivity (Wildman–Crippen MR) is 109 cm³/mol. The molecule has 0 aromatic heterocycles. The number of aryl methyl sites for hydroxylation is 1. The minimum absolute atomic E-state index is 0.994. The van der Waals surface area contributed by atoms with E-state index in [0.29, 0.717) is 0 Å². The van der Waals surface area contributed by atoms with Gasteiger partial charge in [0.15, 0.2) is 0 Å². The molecule has 1 saturated heterocycles. The second kappa shape index (κ2) is 8.97. The van der Waals surface area contributed by atoms with Gasteiger partial charge in [-0.15, -0.1) is 0 Å². The monoisotopic (exact) mass is 398 g/mol. The Hall–Kier alpha value is -1.91. The molecule has 1 heterocycles. The molecule has 0 saturated carbocycles. The van der Waals surface area contributed by atoms with Gasteiger partial charge in [0.2, 0.25) is 0 Å². The van der Waals surface area contributed by atoms with Gasteiger partial charge >= 0.3 is 0 Å². The Balaban J connectivity index is 1.47. The summed E-state index contributed by atoms with van der Waals surface area (Å²) < 4.78 is 0.994. The number of rotatable bonds is 5. The van der Waals surface area contributed by atoms with Crippen molar-refractivity contribution in [3.8, 4) is 0 Å². The van der Waals surface area contributed by atoms with Crippen LogP contribution in [0.4, 0.5) is 0 Å². The van der Waals surface area contributed by atoms with Gasteiger partial charge in [-0.2, -0.15) is 5.10 Å². The van der Waals surface area contributed by atoms with Crippen molar-refractivity contribution in [2.75, 3.05) is 26.2 Å². The Morgan fingerprint density at radius 1 is 1.08 bits per heavy atom. The lowest BCUT2D eigenvalue weighted by Gasteiger charge is -2.30. The van der Waals surface area contributed by atoms with Crippen LogP contribution in [0.2, 0.25) is 0 Å². The molecule has 0 radical (unpaired) electrons. The lowest BCUT2D eigenvalue weighted by atomic mass is 10.1. The maximum Gasteiger partial charge on any atom is 0.103 e. The molecule has 0 spiro atoms. The van der Waals surface area contributed by atoms with Gasteiger partial charge < -0.3 is 4.90 Å². The van der Waals surface area contributed by atoms with Crippen molar-refractivity contribution in [2.45, 2.75) is 13.5 Å². The van der Waals surface area contributed by atoms with Gasteiger partial charge in [-0.1, -0.05) is 60.2 Å². The van der Waals surface area contributed by atoms with E-state index in [2.05, 4.69) is 75.4 Å². The molecule has 2 aromatic rings. The van der Waals surface area contributed by atoms with Gasteiger partial charge in [0.25, 0.3) is 0 Å². The van der Waals surface area contributed by atoms with Crippen molar-refractivity contribution in [1.82, 2.24) is 5.01 Å². The van der Waals surface area contributed by atoms with Crippen molar-refractivity contribution < 1.29 is 4.90 Å². The highest BCUT2D eigenvalue weighted by Gasteiger charge is 2.18. The standard InChI is InChI=1S/C21H24BrN3/c1-18-7-9-20(10-8-18)17-24-11-13-25(14-12-24)23-16-21(22)15-19-5-3-2-4-6-19/h2-10,15-16H,11-14,17H2,1H3/p+1/b21-15+,23-16-. The molecular formula is C21H25BrN3+. The summed E-state index contributed by atoms with van der Waals surface area (Å²) in [5.41, 5.74) is 3.92. The van der Waals surface area contributed by atoms with E-state index in [9.17, 15) is 0 Å². The lowest BCUT2D eigenvalue weighted by Crippen LogP contribution is -3.13. The van der Waals surface area contributed by atoms with E-state index in [1.807, 2.05) is 24.4 Å². The van der Waals surface area contributed by atoms with E-state index < -0.39 is 0 Å². The zero-order chi connectivity index (χ0) is 17.5. The van der Waals surface area contributed by atoms with Gasteiger partial charge in [0.1, 0.15) is 6.54 Å². The number of hydrazone groups is 1. The third kappa shape index (κ3) is 5.83. The van der Waals surface area contributed by atoms with Gasteiger partial charge in [-0.05, 0) is 34.5 Å². The zero-order valence-corrected chi connectivity index (χ0v) is 16.2. The average molecular weight is 399 g/mol. The number of nitrogens with one attached hydrogen (secondary N) is 1. The van der Waals surface area contributed by atoms with Crippen molar-refractivity contribution in [3.05, 3.63) is 75.8 Å². The number of halogens is 1. The first kappa shape index (κ1) is 17.9. The maximum absolute atomic E-state index is 4.61. The molecule has 0 aliphatic carbocycles. The first-order chi connectivity index (χ1) is 12.2. The summed E-state index contributed by atoms with van der Waals surface area (Å²) >= 11 is 3.58. The van der Waals surface area contributed by atoms with Crippen LogP contribution >= 0.6 is 15.9 Å². The van der Waals surface area contributed by atoms with Crippen LogP contribution in [0.5, 0.6) is 0 Å². The Morgan fingerprint density at radius 3 is 2.44 bits per heavy atom. The topological polar surface area (TPSA) is 20.0 Å². The summed E-state index contributed by atoms with van der Waals surface area (Å²) in [6, 6.07) is 19.2. The summed E-state index contributed by atoms with van der Waals surface area (Å²) in [5.74, 6) is 0. The second-order valence-electron chi connectivity index (χ2n) is 6.55. The second-order valence-corrected chi connectivity index (χ2v) is 7.47. The number of hydrogen-bond acceptors (Lipinski definition) is 2. The average Bonchev–Trinajstić information content (AvgIpc) is 2.64. The van der Waals surface area contributed by atoms with Crippen LogP contribution in [0.1, 0.15) is 16.7 Å². The number of benzene rings is 2. The Bertz CT molecular complexity index is 715. The number of quaternary nitrogens is 1. The molecule has 0 atom stereocenters. The van der Waals surface area contributed by atoms with Crippen LogP contribution in [0, 0.1) is 6.92 Å². The van der Waals surface area contributed by atoms with Crippen LogP contribution in [-0.4, -0.2) is 37.4 Å². The molecule has 3 rings (SSSR count). The van der Waals surface area contributed by atoms with E-state index in [4.69, 9.17) is 0 Å². The first-order valence-corrected chi connectivity index (χ1v) is 9.58. The third-order valence-corrected chi connectivity index (χ3v) is 4.90. The highest BCUT2D eigenvalue weighted by Crippen LogP contribution is 2.10. The molecule has 1 fully saturated rings. The molecule has 0 bridgehead atoms. The molecule has 25 heavy (non-hydrogen) atoms. The summed E-state index contributed by atoms with van der Waals surface area (Å²) in [5, 5.41) is 6.78. The zero-order valence-electron chi connectivity index (χ0n) is 14.7. The largest absolute Gasteiger partial charge is 0.328 e. The minimum Gasteiger partial charge on any atom is -0.328 e. The fourth-order valence-electron chi connectivity index (χ4n) is 2.98. The Kier molecular flexibility index (Phi) is 6.42. The number of piperazine rings is 1. The number of hydrogen-bond donors (Lipinski definition) is 1. The quantitative estimate of drug-likeness (QED) is 0.766. The van der Waals surface area contributed by atoms with E-state index in [-0.39, 0.29) is 0 Å². The number of allylic oxidation sites excluding steroid dienone is 1. The molecule has 3 nitrogen and oxygen atoms in total. The van der Waals surface area contributed by atoms with Crippen LogP contribution in [0.25, 0.3) is 6.08 Å². The lowest BCUT2D eigenvalue weighted by molar-refractivity contribution is -0.918. The summed E-state index contributed by atoms with van der Waals surface area (Å²) in [4.78, 5) is 1.63. The fourth-order valence-corrected chi connectivity index (χ4v) is 3.34. The van der Waals surface area contributed by atoms with Crippen LogP contribution in [-0.2, 0) is 6.54 Å². The minimum atomic E-state index is 0.994. The Morgan fingerprint density at radius 2 is 1.76 bits per heavy atom. The summed E-state index contributed by atoms with van der Waals surface area (Å²) in [7, 11) is 0. The normalized spacial score (nSPS) is 16.6. The van der Waals surface area contributed by atoms with Gasteiger partial charge in [-0.25, -0.2) is 0 Å². The molecule has 0 amide bonds. The third-order valence-electron chi connectivity index (χ3n) is 4.47. The summed E-state index contributed by atoms with van der Waals surface area (Å²) in [6.07, 6.45) is 3.99. The molecule has 130 valence electrons. The molecule has 0 unspecified atom stereocenters. The van der Waals surface area contributed by atoms with Crippen molar-refractivity contribution in [3.63, 3.8) is 0 Å². The van der Waals surface area contributed by atoms with Crippen LogP contribution < -0.4 is 4.90 Å².